The van der Waals surface area contributed by atoms with E-state index in [4.69, 9.17) is 9.84 Å². The van der Waals surface area contributed by atoms with E-state index < -0.39 is 24.1 Å². The Morgan fingerprint density at radius 3 is 2.58 bits per heavy atom. The Labute approximate surface area is 111 Å². The maximum Gasteiger partial charge on any atom is 0.326 e. The molecule has 3 N–H and O–H groups in total. The van der Waals surface area contributed by atoms with Gasteiger partial charge in [-0.2, -0.15) is 0 Å². The number of urea groups is 1. The lowest BCUT2D eigenvalue weighted by Gasteiger charge is -2.36. The molecule has 19 heavy (non-hydrogen) atoms. The summed E-state index contributed by atoms with van der Waals surface area (Å²) in [4.78, 5) is 24.5. The molecule has 7 nitrogen and oxygen atoms in total. The monoisotopic (exact) mass is 272 g/mol. The van der Waals surface area contributed by atoms with Gasteiger partial charge in [0.05, 0.1) is 6.10 Å². The van der Waals surface area contributed by atoms with E-state index >= 15 is 0 Å². The molecular formula is C12H20N2O5. The van der Waals surface area contributed by atoms with Gasteiger partial charge >= 0.3 is 12.0 Å². The van der Waals surface area contributed by atoms with Crippen LogP contribution in [-0.2, 0) is 9.53 Å². The normalized spacial score (nSPS) is 30.1. The lowest BCUT2D eigenvalue weighted by Crippen LogP contribution is -2.56. The van der Waals surface area contributed by atoms with Crippen molar-refractivity contribution in [2.75, 3.05) is 19.8 Å². The molecule has 0 saturated carbocycles. The number of nitrogens with one attached hydrogen (secondary N) is 1. The predicted octanol–water partition coefficient (Wildman–Crippen LogP) is -0.215. The number of hydrogen-bond acceptors (Lipinski definition) is 4. The number of likely N-dealkylation sites (tertiary alicyclic amines) is 1. The van der Waals surface area contributed by atoms with E-state index in [1.165, 1.54) is 4.90 Å². The summed E-state index contributed by atoms with van der Waals surface area (Å²) in [5.74, 6) is -1.08. The Kier molecular flexibility index (Phi) is 3.96. The first-order valence-electron chi connectivity index (χ1n) is 6.49. The van der Waals surface area contributed by atoms with E-state index in [2.05, 4.69) is 5.32 Å². The summed E-state index contributed by atoms with van der Waals surface area (Å²) in [5, 5.41) is 21.5. The summed E-state index contributed by atoms with van der Waals surface area (Å²) in [6, 6.07) is -1.37. The van der Waals surface area contributed by atoms with Gasteiger partial charge in [0.15, 0.2) is 0 Å². The van der Waals surface area contributed by atoms with Crippen LogP contribution in [-0.4, -0.2) is 64.6 Å². The highest BCUT2D eigenvalue weighted by Gasteiger charge is 2.41. The van der Waals surface area contributed by atoms with E-state index in [9.17, 15) is 14.7 Å². The number of rotatable bonds is 2. The number of β-amino-alcohol motifs (C(OH)–C–C–N with tert-alkyl or cyclic N) is 1. The Morgan fingerprint density at radius 1 is 1.37 bits per heavy atom. The molecule has 2 fully saturated rings. The Bertz CT molecular complexity index is 367. The number of aliphatic hydroxyl groups excluding tert-OH is 1. The molecule has 0 aromatic heterocycles. The second-order valence-electron chi connectivity index (χ2n) is 5.50. The number of carboxylic acids is 1. The predicted molar refractivity (Wildman–Crippen MR) is 65.7 cm³/mol. The topological polar surface area (TPSA) is 99.1 Å². The molecule has 2 saturated heterocycles. The van der Waals surface area contributed by atoms with Gasteiger partial charge in [0.1, 0.15) is 6.04 Å². The molecule has 2 aliphatic heterocycles. The summed E-state index contributed by atoms with van der Waals surface area (Å²) >= 11 is 0. The molecule has 0 unspecified atom stereocenters. The minimum absolute atomic E-state index is 0.0649. The van der Waals surface area contributed by atoms with Crippen LogP contribution in [0.3, 0.4) is 0 Å². The number of carbonyl (C=O) groups is 2. The standard InChI is InChI=1S/C12H20N2O5/c1-12(2-4-19-5-3-12)13-11(18)14-7-8(15)6-9(14)10(16)17/h8-9,15H,2-7H2,1H3,(H,13,18)(H,16,17)/t8-,9+/m1/s1. The van der Waals surface area contributed by atoms with E-state index in [1.54, 1.807) is 0 Å². The van der Waals surface area contributed by atoms with Crippen LogP contribution in [0.1, 0.15) is 26.2 Å². The van der Waals surface area contributed by atoms with Gasteiger partial charge in [-0.05, 0) is 19.8 Å². The van der Waals surface area contributed by atoms with Crippen molar-refractivity contribution in [3.63, 3.8) is 0 Å². The van der Waals surface area contributed by atoms with Crippen LogP contribution < -0.4 is 5.32 Å². The van der Waals surface area contributed by atoms with Crippen molar-refractivity contribution in [1.29, 1.82) is 0 Å². The van der Waals surface area contributed by atoms with Crippen molar-refractivity contribution in [3.8, 4) is 0 Å². The second-order valence-corrected chi connectivity index (χ2v) is 5.50. The van der Waals surface area contributed by atoms with E-state index in [0.717, 1.165) is 0 Å². The average molecular weight is 272 g/mol. The smallest absolute Gasteiger partial charge is 0.326 e. The number of aliphatic carboxylic acids is 1. The number of carboxylic acid groups (broad SMARTS) is 1. The summed E-state index contributed by atoms with van der Waals surface area (Å²) in [7, 11) is 0. The molecule has 0 aromatic rings. The first kappa shape index (κ1) is 14.1. The first-order chi connectivity index (χ1) is 8.91. The lowest BCUT2D eigenvalue weighted by atomic mass is 9.93. The van der Waals surface area contributed by atoms with Gasteiger partial charge in [0.25, 0.3) is 0 Å². The highest BCUT2D eigenvalue weighted by Crippen LogP contribution is 2.23. The third kappa shape index (κ3) is 3.16. The molecule has 2 amide bonds. The minimum Gasteiger partial charge on any atom is -0.480 e. The number of ether oxygens (including phenoxy) is 1. The van der Waals surface area contributed by atoms with Crippen LogP contribution in [0, 0.1) is 0 Å². The van der Waals surface area contributed by atoms with Gasteiger partial charge in [-0.25, -0.2) is 9.59 Å². The molecule has 2 atom stereocenters. The minimum atomic E-state index is -1.08. The van der Waals surface area contributed by atoms with Crippen LogP contribution in [0.5, 0.6) is 0 Å². The fourth-order valence-electron chi connectivity index (χ4n) is 2.55. The maximum absolute atomic E-state index is 12.2. The number of amides is 2. The van der Waals surface area contributed by atoms with Crippen molar-refractivity contribution in [2.24, 2.45) is 0 Å². The zero-order valence-corrected chi connectivity index (χ0v) is 11.0. The van der Waals surface area contributed by atoms with Gasteiger partial charge in [-0.15, -0.1) is 0 Å². The fraction of sp³-hybridized carbons (Fsp3) is 0.833. The summed E-state index contributed by atoms with van der Waals surface area (Å²) < 4.78 is 5.25. The molecule has 0 radical (unpaired) electrons. The van der Waals surface area contributed by atoms with Crippen LogP contribution in [0.15, 0.2) is 0 Å². The third-order valence-electron chi connectivity index (χ3n) is 3.83. The third-order valence-corrected chi connectivity index (χ3v) is 3.83. The van der Waals surface area contributed by atoms with Gasteiger partial charge in [0.2, 0.25) is 0 Å². The number of hydrogen-bond donors (Lipinski definition) is 3. The molecule has 2 heterocycles. The van der Waals surface area contributed by atoms with E-state index in [1.807, 2.05) is 6.92 Å². The first-order valence-corrected chi connectivity index (χ1v) is 6.49. The zero-order chi connectivity index (χ0) is 14.0. The average Bonchev–Trinajstić information content (AvgIpc) is 2.72. The quantitative estimate of drug-likeness (QED) is 0.645. The number of carbonyl (C=O) groups excluding carboxylic acids is 1. The summed E-state index contributed by atoms with van der Waals surface area (Å²) in [6.45, 7) is 3.16. The molecule has 7 heteroatoms. The highest BCUT2D eigenvalue weighted by atomic mass is 16.5. The van der Waals surface area contributed by atoms with Gasteiger partial charge in [-0.3, -0.25) is 0 Å². The molecule has 108 valence electrons. The van der Waals surface area contributed by atoms with Gasteiger partial charge < -0.3 is 25.2 Å². The van der Waals surface area contributed by atoms with Crippen molar-refractivity contribution < 1.29 is 24.5 Å². The van der Waals surface area contributed by atoms with Crippen molar-refractivity contribution in [3.05, 3.63) is 0 Å². The summed E-state index contributed by atoms with van der Waals surface area (Å²) in [6.07, 6.45) is 0.719. The molecular weight excluding hydrogens is 252 g/mol. The van der Waals surface area contributed by atoms with Gasteiger partial charge in [0, 0.05) is 31.7 Å². The largest absolute Gasteiger partial charge is 0.480 e. The van der Waals surface area contributed by atoms with Crippen molar-refractivity contribution >= 4 is 12.0 Å². The van der Waals surface area contributed by atoms with E-state index in [0.29, 0.717) is 26.1 Å². The molecule has 0 bridgehead atoms. The highest BCUT2D eigenvalue weighted by molar-refractivity contribution is 5.83. The molecule has 0 spiro atoms. The molecule has 2 aliphatic rings. The SMILES string of the molecule is CC1(NC(=O)N2C[C@H](O)C[C@H]2C(=O)O)CCOCC1. The Morgan fingerprint density at radius 2 is 2.00 bits per heavy atom. The zero-order valence-electron chi connectivity index (χ0n) is 11.0. The van der Waals surface area contributed by atoms with Crippen molar-refractivity contribution in [2.45, 2.75) is 43.9 Å². The fourth-order valence-corrected chi connectivity index (χ4v) is 2.55. The molecule has 0 aliphatic carbocycles. The second kappa shape index (κ2) is 5.34. The van der Waals surface area contributed by atoms with E-state index in [-0.39, 0.29) is 18.5 Å². The van der Waals surface area contributed by atoms with Crippen LogP contribution in [0.25, 0.3) is 0 Å². The Hall–Kier alpha value is -1.34. The molecule has 0 aromatic carbocycles. The maximum atomic E-state index is 12.2. The Balaban J connectivity index is 2.00. The summed E-state index contributed by atoms with van der Waals surface area (Å²) in [5.41, 5.74) is -0.369. The number of aliphatic hydroxyl groups is 1. The van der Waals surface area contributed by atoms with Gasteiger partial charge in [-0.1, -0.05) is 0 Å². The van der Waals surface area contributed by atoms with Crippen LogP contribution >= 0.6 is 0 Å². The van der Waals surface area contributed by atoms with Crippen molar-refractivity contribution in [1.82, 2.24) is 10.2 Å². The lowest BCUT2D eigenvalue weighted by molar-refractivity contribution is -0.141. The number of nitrogens with zero attached hydrogens (tertiary/aromatic N) is 1. The van der Waals surface area contributed by atoms with Crippen LogP contribution in [0.4, 0.5) is 4.79 Å². The van der Waals surface area contributed by atoms with Crippen LogP contribution in [0.2, 0.25) is 0 Å². The molecule has 2 rings (SSSR count).